The first kappa shape index (κ1) is 15.4. The lowest BCUT2D eigenvalue weighted by molar-refractivity contribution is -0.125. The second-order valence-electron chi connectivity index (χ2n) is 8.34. The number of likely N-dealkylation sites (tertiary alicyclic amines) is 1. The molecule has 0 N–H and O–H groups in total. The van der Waals surface area contributed by atoms with E-state index in [1.807, 2.05) is 23.1 Å². The van der Waals surface area contributed by atoms with Gasteiger partial charge in [-0.2, -0.15) is 0 Å². The van der Waals surface area contributed by atoms with E-state index in [9.17, 15) is 14.4 Å². The van der Waals surface area contributed by atoms with E-state index in [1.54, 1.807) is 12.1 Å². The molecule has 2 saturated carbocycles. The van der Waals surface area contributed by atoms with Gasteiger partial charge in [-0.05, 0) is 31.4 Å². The van der Waals surface area contributed by atoms with Gasteiger partial charge in [0.15, 0.2) is 0 Å². The predicted molar refractivity (Wildman–Crippen MR) is 95.6 cm³/mol. The Hall–Kier alpha value is -2.63. The fourth-order valence-electron chi connectivity index (χ4n) is 7.10. The molecule has 0 spiro atoms. The first-order chi connectivity index (χ1) is 13.1. The number of anilines is 1. The molecular weight excluding hydrogens is 344 g/mol. The lowest BCUT2D eigenvalue weighted by Crippen LogP contribution is -2.53. The maximum Gasteiger partial charge on any atom is 0.410 e. The summed E-state index contributed by atoms with van der Waals surface area (Å²) in [5, 5.41) is 0. The topological polar surface area (TPSA) is 66.7 Å². The minimum absolute atomic E-state index is 0.112. The van der Waals surface area contributed by atoms with Gasteiger partial charge in [0.1, 0.15) is 0 Å². The normalized spacial score (nSPS) is 42.9. The molecule has 6 atom stereocenters. The number of carbonyl (C=O) groups is 3. The summed E-state index contributed by atoms with van der Waals surface area (Å²) in [6, 6.07) is 9.17. The maximum atomic E-state index is 13.4. The van der Waals surface area contributed by atoms with Crippen LogP contribution in [0, 0.1) is 23.7 Å². The van der Waals surface area contributed by atoms with E-state index < -0.39 is 0 Å². The van der Waals surface area contributed by atoms with Crippen molar-refractivity contribution in [1.82, 2.24) is 4.90 Å². The number of amides is 3. The molecule has 1 aromatic carbocycles. The molecule has 6 heteroatoms. The van der Waals surface area contributed by atoms with Crippen molar-refractivity contribution in [1.29, 1.82) is 0 Å². The smallest absolute Gasteiger partial charge is 0.410 e. The molecule has 0 unspecified atom stereocenters. The van der Waals surface area contributed by atoms with Crippen LogP contribution in [0.15, 0.2) is 42.5 Å². The highest BCUT2D eigenvalue weighted by atomic mass is 16.5. The maximum absolute atomic E-state index is 13.4. The summed E-state index contributed by atoms with van der Waals surface area (Å²) in [6.45, 7) is 0. The Morgan fingerprint density at radius 3 is 2.07 bits per heavy atom. The Balaban J connectivity index is 1.48. The van der Waals surface area contributed by atoms with Crippen LogP contribution in [-0.2, 0) is 14.3 Å². The largest absolute Gasteiger partial charge is 0.453 e. The Kier molecular flexibility index (Phi) is 2.63. The summed E-state index contributed by atoms with van der Waals surface area (Å²) in [4.78, 5) is 42.5. The average Bonchev–Trinajstić information content (AvgIpc) is 2.96. The first-order valence-corrected chi connectivity index (χ1v) is 9.59. The summed E-state index contributed by atoms with van der Waals surface area (Å²) in [7, 11) is 1.40. The number of rotatable bonds is 1. The number of methoxy groups -OCH3 is 1. The van der Waals surface area contributed by atoms with E-state index in [4.69, 9.17) is 4.74 Å². The van der Waals surface area contributed by atoms with Crippen molar-refractivity contribution in [3.63, 3.8) is 0 Å². The molecule has 138 valence electrons. The molecule has 4 fully saturated rings. The van der Waals surface area contributed by atoms with Gasteiger partial charge in [-0.1, -0.05) is 30.4 Å². The molecule has 0 radical (unpaired) electrons. The van der Waals surface area contributed by atoms with Crippen molar-refractivity contribution in [2.75, 3.05) is 12.0 Å². The zero-order valence-corrected chi connectivity index (χ0v) is 15.0. The van der Waals surface area contributed by atoms with E-state index in [-0.39, 0.29) is 52.7 Å². The number of hydrogen-bond donors (Lipinski definition) is 0. The van der Waals surface area contributed by atoms with E-state index in [1.165, 1.54) is 12.0 Å². The monoisotopic (exact) mass is 364 g/mol. The second kappa shape index (κ2) is 4.61. The van der Waals surface area contributed by atoms with Crippen LogP contribution in [0.25, 0.3) is 0 Å². The first-order valence-electron chi connectivity index (χ1n) is 9.59. The third kappa shape index (κ3) is 1.40. The van der Waals surface area contributed by atoms with Crippen LogP contribution in [-0.4, -0.2) is 41.0 Å². The highest BCUT2D eigenvalue weighted by molar-refractivity contribution is 6.23. The summed E-state index contributed by atoms with van der Waals surface area (Å²) in [6.07, 6.45) is 6.64. The van der Waals surface area contributed by atoms with Gasteiger partial charge in [0, 0.05) is 11.8 Å². The van der Waals surface area contributed by atoms with Crippen molar-refractivity contribution < 1.29 is 19.1 Å². The van der Waals surface area contributed by atoms with Gasteiger partial charge >= 0.3 is 6.09 Å². The van der Waals surface area contributed by atoms with Crippen LogP contribution in [0.2, 0.25) is 0 Å². The number of hydrogen-bond acceptors (Lipinski definition) is 4. The van der Waals surface area contributed by atoms with Gasteiger partial charge in [-0.25, -0.2) is 4.79 Å². The van der Waals surface area contributed by atoms with Gasteiger partial charge in [0.05, 0.1) is 35.7 Å². The zero-order valence-electron chi connectivity index (χ0n) is 15.0. The Bertz CT molecular complexity index is 881. The molecule has 6 nitrogen and oxygen atoms in total. The minimum atomic E-state index is -0.381. The molecule has 3 amide bonds. The SMILES string of the molecule is COC(=O)N1[C@@]23CCC[C@@]12[C@H]1C=C[C@H]3[C@@H]2C(=O)N(c3ccccc3)C(=O)[C@@H]21. The minimum Gasteiger partial charge on any atom is -0.453 e. The Morgan fingerprint density at radius 1 is 1.00 bits per heavy atom. The quantitative estimate of drug-likeness (QED) is 0.436. The molecule has 6 aliphatic rings. The molecule has 4 aliphatic carbocycles. The van der Waals surface area contributed by atoms with Crippen LogP contribution in [0.5, 0.6) is 0 Å². The molecule has 27 heavy (non-hydrogen) atoms. The van der Waals surface area contributed by atoms with Crippen molar-refractivity contribution in [2.24, 2.45) is 23.7 Å². The van der Waals surface area contributed by atoms with Crippen LogP contribution in [0.1, 0.15) is 19.3 Å². The number of ether oxygens (including phenoxy) is 1. The molecule has 2 aliphatic heterocycles. The highest BCUT2D eigenvalue weighted by Gasteiger charge is 2.90. The van der Waals surface area contributed by atoms with Crippen molar-refractivity contribution in [3.05, 3.63) is 42.5 Å². The van der Waals surface area contributed by atoms with Gasteiger partial charge in [0.2, 0.25) is 11.8 Å². The number of carbonyl (C=O) groups excluding carboxylic acids is 3. The van der Waals surface area contributed by atoms with Crippen molar-refractivity contribution in [2.45, 2.75) is 30.3 Å². The van der Waals surface area contributed by atoms with E-state index >= 15 is 0 Å². The number of nitrogens with zero attached hydrogens (tertiary/aromatic N) is 2. The highest BCUT2D eigenvalue weighted by Crippen LogP contribution is 2.78. The van der Waals surface area contributed by atoms with Crippen LogP contribution < -0.4 is 4.90 Å². The van der Waals surface area contributed by atoms with Crippen LogP contribution in [0.4, 0.5) is 10.5 Å². The fraction of sp³-hybridized carbons (Fsp3) is 0.476. The molecular formula is C21H20N2O4. The van der Waals surface area contributed by atoms with E-state index in [0.717, 1.165) is 19.3 Å². The number of imide groups is 1. The Labute approximate surface area is 156 Å². The third-order valence-corrected chi connectivity index (χ3v) is 7.79. The second-order valence-corrected chi connectivity index (χ2v) is 8.34. The molecule has 2 bridgehead atoms. The fourth-order valence-corrected chi connectivity index (χ4v) is 7.10. The molecule has 7 rings (SSSR count). The summed E-state index contributed by atoms with van der Waals surface area (Å²) >= 11 is 0. The van der Waals surface area contributed by atoms with E-state index in [2.05, 4.69) is 12.2 Å². The molecule has 2 heterocycles. The third-order valence-electron chi connectivity index (χ3n) is 7.79. The van der Waals surface area contributed by atoms with Crippen molar-refractivity contribution >= 4 is 23.6 Å². The molecule has 2 saturated heterocycles. The lowest BCUT2D eigenvalue weighted by Gasteiger charge is -2.43. The molecule has 1 aromatic rings. The van der Waals surface area contributed by atoms with Crippen LogP contribution >= 0.6 is 0 Å². The van der Waals surface area contributed by atoms with Gasteiger partial charge in [-0.3, -0.25) is 19.4 Å². The summed E-state index contributed by atoms with van der Waals surface area (Å²) in [5.41, 5.74) is -0.0490. The van der Waals surface area contributed by atoms with Crippen LogP contribution in [0.3, 0.4) is 0 Å². The van der Waals surface area contributed by atoms with Crippen molar-refractivity contribution in [3.8, 4) is 0 Å². The standard InChI is InChI=1S/C21H20N2O4/c1-27-19(26)23-20-10-5-11-21(20,23)14-9-8-13(20)15-16(14)18(25)22(17(15)24)12-6-3-2-4-7-12/h2-4,6-9,13-16H,5,10-11H2,1H3/t13-,14-,15-,16+,20+,21-,23?/m0/s1. The van der Waals surface area contributed by atoms with Gasteiger partial charge in [0.25, 0.3) is 0 Å². The van der Waals surface area contributed by atoms with E-state index in [0.29, 0.717) is 5.69 Å². The Morgan fingerprint density at radius 2 is 1.56 bits per heavy atom. The number of para-hydroxylation sites is 1. The zero-order chi connectivity index (χ0) is 18.6. The molecule has 0 aromatic heterocycles. The van der Waals surface area contributed by atoms with Gasteiger partial charge in [-0.15, -0.1) is 0 Å². The summed E-state index contributed by atoms with van der Waals surface area (Å²) in [5.74, 6) is -1.23. The lowest BCUT2D eigenvalue weighted by atomic mass is 9.55. The van der Waals surface area contributed by atoms with Gasteiger partial charge < -0.3 is 4.74 Å². The average molecular weight is 364 g/mol. The predicted octanol–water partition coefficient (Wildman–Crippen LogP) is 2.35. The number of piperidine rings is 1. The summed E-state index contributed by atoms with van der Waals surface area (Å²) < 4.78 is 5.06. The number of benzene rings is 1.